The molecule has 1 fully saturated rings. The molecular formula is C18H20N6OS. The fourth-order valence-corrected chi connectivity index (χ4v) is 3.85. The summed E-state index contributed by atoms with van der Waals surface area (Å²) < 4.78 is 1.89. The van der Waals surface area contributed by atoms with E-state index in [0.29, 0.717) is 11.7 Å². The van der Waals surface area contributed by atoms with Crippen LogP contribution >= 0.6 is 11.3 Å². The van der Waals surface area contributed by atoms with E-state index in [2.05, 4.69) is 25.9 Å². The minimum absolute atomic E-state index is 0.232. The zero-order valence-corrected chi connectivity index (χ0v) is 15.3. The lowest BCUT2D eigenvalue weighted by Crippen LogP contribution is -2.30. The van der Waals surface area contributed by atoms with Crippen LogP contribution in [0.3, 0.4) is 0 Å². The van der Waals surface area contributed by atoms with Crippen molar-refractivity contribution in [2.45, 2.75) is 25.8 Å². The van der Waals surface area contributed by atoms with Crippen molar-refractivity contribution < 1.29 is 4.79 Å². The van der Waals surface area contributed by atoms with Gasteiger partial charge in [0.2, 0.25) is 0 Å². The molecule has 0 spiro atoms. The molecule has 26 heavy (non-hydrogen) atoms. The van der Waals surface area contributed by atoms with Crippen LogP contribution in [0, 0.1) is 6.92 Å². The molecule has 0 unspecified atom stereocenters. The molecule has 3 aromatic rings. The fourth-order valence-electron chi connectivity index (χ4n) is 3.20. The second-order valence-corrected chi connectivity index (χ2v) is 7.21. The number of nitrogens with one attached hydrogen (secondary N) is 2. The molecule has 8 heteroatoms. The van der Waals surface area contributed by atoms with Gasteiger partial charge in [0.15, 0.2) is 5.69 Å². The number of rotatable bonds is 4. The van der Waals surface area contributed by atoms with Crippen molar-refractivity contribution in [3.63, 3.8) is 0 Å². The number of hydrogen-bond donors (Lipinski definition) is 2. The molecule has 1 saturated heterocycles. The summed E-state index contributed by atoms with van der Waals surface area (Å²) in [5.74, 6) is -0.232. The normalized spacial score (nSPS) is 15.1. The van der Waals surface area contributed by atoms with Gasteiger partial charge in [-0.05, 0) is 57.1 Å². The average molecular weight is 368 g/mol. The molecule has 7 nitrogen and oxygen atoms in total. The molecule has 1 amide bonds. The van der Waals surface area contributed by atoms with Crippen molar-refractivity contribution >= 4 is 22.9 Å². The minimum Gasteiger partial charge on any atom is -0.321 e. The topological polar surface area (TPSA) is 84.7 Å². The van der Waals surface area contributed by atoms with Crippen LogP contribution in [0.2, 0.25) is 0 Å². The molecular weight excluding hydrogens is 348 g/mol. The lowest BCUT2D eigenvalue weighted by molar-refractivity contribution is 0.102. The molecule has 0 atom stereocenters. The van der Waals surface area contributed by atoms with E-state index in [0.717, 1.165) is 47.9 Å². The maximum absolute atomic E-state index is 12.6. The van der Waals surface area contributed by atoms with Gasteiger partial charge in [-0.15, -0.1) is 16.4 Å². The van der Waals surface area contributed by atoms with Crippen molar-refractivity contribution in [1.82, 2.24) is 25.3 Å². The first-order valence-electron chi connectivity index (χ1n) is 8.66. The zero-order valence-electron chi connectivity index (χ0n) is 14.5. The predicted octanol–water partition coefficient (Wildman–Crippen LogP) is 2.89. The van der Waals surface area contributed by atoms with Gasteiger partial charge >= 0.3 is 0 Å². The molecule has 0 aliphatic carbocycles. The largest absolute Gasteiger partial charge is 0.321 e. The molecule has 3 heterocycles. The van der Waals surface area contributed by atoms with Crippen LogP contribution in [0.15, 0.2) is 35.8 Å². The number of carbonyl (C=O) groups is 1. The van der Waals surface area contributed by atoms with Gasteiger partial charge in [0.1, 0.15) is 5.01 Å². The van der Waals surface area contributed by atoms with E-state index < -0.39 is 0 Å². The van der Waals surface area contributed by atoms with E-state index in [4.69, 9.17) is 0 Å². The van der Waals surface area contributed by atoms with Gasteiger partial charge in [-0.3, -0.25) is 4.79 Å². The van der Waals surface area contributed by atoms with Gasteiger partial charge in [0.25, 0.3) is 5.91 Å². The van der Waals surface area contributed by atoms with Gasteiger partial charge in [0.05, 0.1) is 11.7 Å². The first-order valence-corrected chi connectivity index (χ1v) is 9.54. The van der Waals surface area contributed by atoms with Crippen LogP contribution in [0.25, 0.3) is 10.6 Å². The molecule has 1 aliphatic rings. The average Bonchev–Trinajstić information content (AvgIpc) is 3.33. The van der Waals surface area contributed by atoms with Crippen molar-refractivity contribution in [1.29, 1.82) is 0 Å². The highest BCUT2D eigenvalue weighted by Gasteiger charge is 2.22. The van der Waals surface area contributed by atoms with Crippen LogP contribution < -0.4 is 10.6 Å². The maximum Gasteiger partial charge on any atom is 0.278 e. The standard InChI is InChI=1S/C18H20N6OS/c1-12-16(22-23-24(12)15-6-8-19-9-7-15)17(25)21-14-4-2-13(3-5-14)18-20-10-11-26-18/h2-5,10-11,15,19H,6-9H2,1H3,(H,21,25). The monoisotopic (exact) mass is 368 g/mol. The summed E-state index contributed by atoms with van der Waals surface area (Å²) in [4.78, 5) is 16.9. The van der Waals surface area contributed by atoms with E-state index >= 15 is 0 Å². The number of carbonyl (C=O) groups excluding carboxylic acids is 1. The first kappa shape index (κ1) is 16.9. The van der Waals surface area contributed by atoms with Crippen molar-refractivity contribution in [3.8, 4) is 10.6 Å². The Bertz CT molecular complexity index is 881. The molecule has 1 aromatic carbocycles. The van der Waals surface area contributed by atoms with Gasteiger partial charge in [0, 0.05) is 22.8 Å². The Morgan fingerprint density at radius 1 is 1.27 bits per heavy atom. The van der Waals surface area contributed by atoms with Crippen molar-refractivity contribution in [2.24, 2.45) is 0 Å². The molecule has 0 radical (unpaired) electrons. The molecule has 0 bridgehead atoms. The summed E-state index contributed by atoms with van der Waals surface area (Å²) in [6.45, 7) is 3.84. The van der Waals surface area contributed by atoms with E-state index in [9.17, 15) is 4.79 Å². The Morgan fingerprint density at radius 3 is 2.73 bits per heavy atom. The van der Waals surface area contributed by atoms with Gasteiger partial charge < -0.3 is 10.6 Å². The lowest BCUT2D eigenvalue weighted by Gasteiger charge is -2.23. The summed E-state index contributed by atoms with van der Waals surface area (Å²) in [5, 5.41) is 17.5. The molecule has 2 aromatic heterocycles. The molecule has 0 saturated carbocycles. The Kier molecular flexibility index (Phi) is 4.77. The van der Waals surface area contributed by atoms with Gasteiger partial charge in [-0.1, -0.05) is 5.21 Å². The predicted molar refractivity (Wildman–Crippen MR) is 101 cm³/mol. The second kappa shape index (κ2) is 7.35. The number of aromatic nitrogens is 4. The number of thiazole rings is 1. The Hall–Kier alpha value is -2.58. The Morgan fingerprint density at radius 2 is 2.04 bits per heavy atom. The van der Waals surface area contributed by atoms with Crippen LogP contribution in [0.5, 0.6) is 0 Å². The van der Waals surface area contributed by atoms with Crippen molar-refractivity contribution in [2.75, 3.05) is 18.4 Å². The summed E-state index contributed by atoms with van der Waals surface area (Å²) in [6.07, 6.45) is 3.79. The summed E-state index contributed by atoms with van der Waals surface area (Å²) in [7, 11) is 0. The lowest BCUT2D eigenvalue weighted by atomic mass is 10.1. The molecule has 2 N–H and O–H groups in total. The smallest absolute Gasteiger partial charge is 0.278 e. The van der Waals surface area contributed by atoms with E-state index in [1.807, 2.05) is 41.3 Å². The number of piperidine rings is 1. The molecule has 4 rings (SSSR count). The first-order chi connectivity index (χ1) is 12.7. The Balaban J connectivity index is 1.47. The van der Waals surface area contributed by atoms with Crippen LogP contribution in [-0.2, 0) is 0 Å². The number of anilines is 1. The minimum atomic E-state index is -0.232. The highest BCUT2D eigenvalue weighted by molar-refractivity contribution is 7.13. The molecule has 134 valence electrons. The van der Waals surface area contributed by atoms with Gasteiger partial charge in [-0.25, -0.2) is 9.67 Å². The molecule has 1 aliphatic heterocycles. The summed E-state index contributed by atoms with van der Waals surface area (Å²) in [5.41, 5.74) is 2.96. The highest BCUT2D eigenvalue weighted by Crippen LogP contribution is 2.24. The van der Waals surface area contributed by atoms with Crippen LogP contribution in [0.1, 0.15) is 35.1 Å². The Labute approximate surface area is 155 Å². The quantitative estimate of drug-likeness (QED) is 0.740. The van der Waals surface area contributed by atoms with E-state index in [-0.39, 0.29) is 5.91 Å². The zero-order chi connectivity index (χ0) is 17.9. The summed E-state index contributed by atoms with van der Waals surface area (Å²) in [6, 6.07) is 7.96. The third-order valence-corrected chi connectivity index (χ3v) is 5.44. The summed E-state index contributed by atoms with van der Waals surface area (Å²) >= 11 is 1.59. The maximum atomic E-state index is 12.6. The third-order valence-electron chi connectivity index (χ3n) is 4.62. The van der Waals surface area contributed by atoms with E-state index in [1.165, 1.54) is 0 Å². The van der Waals surface area contributed by atoms with Crippen molar-refractivity contribution in [3.05, 3.63) is 47.2 Å². The number of amides is 1. The van der Waals surface area contributed by atoms with Gasteiger partial charge in [-0.2, -0.15) is 0 Å². The fraction of sp³-hybridized carbons (Fsp3) is 0.333. The van der Waals surface area contributed by atoms with Crippen LogP contribution in [0.4, 0.5) is 5.69 Å². The SMILES string of the molecule is Cc1c(C(=O)Nc2ccc(-c3nccs3)cc2)nnn1C1CCNCC1. The third kappa shape index (κ3) is 3.38. The highest BCUT2D eigenvalue weighted by atomic mass is 32.1. The number of benzene rings is 1. The number of nitrogens with zero attached hydrogens (tertiary/aromatic N) is 4. The second-order valence-electron chi connectivity index (χ2n) is 6.32. The van der Waals surface area contributed by atoms with E-state index in [1.54, 1.807) is 17.5 Å². The van der Waals surface area contributed by atoms with Crippen LogP contribution in [-0.4, -0.2) is 39.0 Å². The number of hydrogen-bond acceptors (Lipinski definition) is 6.